The van der Waals surface area contributed by atoms with Gasteiger partial charge in [0.2, 0.25) is 0 Å². The fourth-order valence-electron chi connectivity index (χ4n) is 2.84. The molecule has 5 nitrogen and oxygen atoms in total. The van der Waals surface area contributed by atoms with Gasteiger partial charge in [-0.25, -0.2) is 0 Å². The summed E-state index contributed by atoms with van der Waals surface area (Å²) in [6.07, 6.45) is 1.71. The molecule has 1 aromatic carbocycles. The lowest BCUT2D eigenvalue weighted by Gasteiger charge is -2.21. The zero-order valence-corrected chi connectivity index (χ0v) is 14.3. The number of hydrogen-bond acceptors (Lipinski definition) is 4. The van der Waals surface area contributed by atoms with Crippen molar-refractivity contribution in [1.82, 2.24) is 10.2 Å². The van der Waals surface area contributed by atoms with Crippen molar-refractivity contribution in [2.75, 3.05) is 45.2 Å². The summed E-state index contributed by atoms with van der Waals surface area (Å²) in [5, 5.41) is 3.01. The lowest BCUT2D eigenvalue weighted by atomic mass is 10.3. The van der Waals surface area contributed by atoms with Gasteiger partial charge >= 0.3 is 0 Å². The molecule has 0 bridgehead atoms. The second kappa shape index (κ2) is 8.46. The van der Waals surface area contributed by atoms with Crippen molar-refractivity contribution in [3.63, 3.8) is 0 Å². The van der Waals surface area contributed by atoms with Gasteiger partial charge in [-0.1, -0.05) is 18.2 Å². The summed E-state index contributed by atoms with van der Waals surface area (Å²) in [5.74, 6) is 0.773. The molecule has 1 N–H and O–H groups in total. The van der Waals surface area contributed by atoms with Gasteiger partial charge < -0.3 is 19.9 Å². The number of rotatable bonds is 8. The maximum atomic E-state index is 12.4. The Labute approximate surface area is 138 Å². The van der Waals surface area contributed by atoms with Gasteiger partial charge in [0.25, 0.3) is 5.91 Å². The van der Waals surface area contributed by atoms with E-state index in [1.54, 1.807) is 7.11 Å². The Balaban J connectivity index is 1.79. The summed E-state index contributed by atoms with van der Waals surface area (Å²) >= 11 is 0. The number of hydrogen-bond donors (Lipinski definition) is 1. The first-order valence-corrected chi connectivity index (χ1v) is 8.23. The van der Waals surface area contributed by atoms with Crippen LogP contribution < -0.4 is 10.2 Å². The van der Waals surface area contributed by atoms with Gasteiger partial charge in [-0.15, -0.1) is 0 Å². The van der Waals surface area contributed by atoms with E-state index in [1.807, 2.05) is 18.2 Å². The molecular weight excluding hydrogens is 290 g/mol. The van der Waals surface area contributed by atoms with E-state index in [-0.39, 0.29) is 5.91 Å². The SMILES string of the molecule is CCN1CCC(OC)=C1C(=O)NCCCN(C)c1ccccc1. The molecule has 0 radical (unpaired) electrons. The van der Waals surface area contributed by atoms with Crippen LogP contribution in [0.1, 0.15) is 19.8 Å². The highest BCUT2D eigenvalue weighted by molar-refractivity contribution is 5.93. The van der Waals surface area contributed by atoms with E-state index in [4.69, 9.17) is 4.74 Å². The number of carbonyl (C=O) groups excluding carboxylic acids is 1. The standard InChI is InChI=1S/C18H27N3O2/c1-4-21-14-11-16(23-3)17(21)18(22)19-12-8-13-20(2)15-9-6-5-7-10-15/h5-7,9-10H,4,8,11-14H2,1-3H3,(H,19,22). The average molecular weight is 317 g/mol. The van der Waals surface area contributed by atoms with Crippen LogP contribution in [-0.2, 0) is 9.53 Å². The Morgan fingerprint density at radius 1 is 1.35 bits per heavy atom. The number of amides is 1. The van der Waals surface area contributed by atoms with E-state index in [2.05, 4.69) is 41.2 Å². The number of nitrogens with one attached hydrogen (secondary N) is 1. The first-order valence-electron chi connectivity index (χ1n) is 8.23. The molecule has 0 unspecified atom stereocenters. The van der Waals surface area contributed by atoms with Crippen molar-refractivity contribution in [2.45, 2.75) is 19.8 Å². The zero-order valence-electron chi connectivity index (χ0n) is 14.3. The monoisotopic (exact) mass is 317 g/mol. The van der Waals surface area contributed by atoms with Crippen LogP contribution in [0.15, 0.2) is 41.8 Å². The third-order valence-electron chi connectivity index (χ3n) is 4.19. The summed E-state index contributed by atoms with van der Waals surface area (Å²) < 4.78 is 5.35. The third kappa shape index (κ3) is 4.41. The molecule has 1 amide bonds. The van der Waals surface area contributed by atoms with E-state index in [1.165, 1.54) is 5.69 Å². The average Bonchev–Trinajstić information content (AvgIpc) is 3.02. The molecule has 1 aliphatic rings. The predicted molar refractivity (Wildman–Crippen MR) is 93.2 cm³/mol. The molecule has 0 spiro atoms. The summed E-state index contributed by atoms with van der Waals surface area (Å²) in [6.45, 7) is 5.30. The number of anilines is 1. The van der Waals surface area contributed by atoms with Gasteiger partial charge in [0.05, 0.1) is 7.11 Å². The number of ether oxygens (including phenoxy) is 1. The van der Waals surface area contributed by atoms with Gasteiger partial charge in [-0.05, 0) is 25.5 Å². The number of carbonyl (C=O) groups is 1. The minimum Gasteiger partial charge on any atom is -0.499 e. The van der Waals surface area contributed by atoms with Crippen LogP contribution in [0.5, 0.6) is 0 Å². The van der Waals surface area contributed by atoms with Crippen molar-refractivity contribution < 1.29 is 9.53 Å². The van der Waals surface area contributed by atoms with E-state index in [0.29, 0.717) is 12.2 Å². The Hall–Kier alpha value is -2.17. The molecule has 23 heavy (non-hydrogen) atoms. The summed E-state index contributed by atoms with van der Waals surface area (Å²) in [7, 11) is 3.70. The molecule has 2 rings (SSSR count). The highest BCUT2D eigenvalue weighted by Crippen LogP contribution is 2.23. The number of para-hydroxylation sites is 1. The molecule has 1 heterocycles. The summed E-state index contributed by atoms with van der Waals surface area (Å²) in [5.41, 5.74) is 1.89. The van der Waals surface area contributed by atoms with Crippen LogP contribution in [0, 0.1) is 0 Å². The smallest absolute Gasteiger partial charge is 0.271 e. The number of benzene rings is 1. The predicted octanol–water partition coefficient (Wildman–Crippen LogP) is 2.21. The minimum atomic E-state index is -0.0245. The lowest BCUT2D eigenvalue weighted by Crippen LogP contribution is -2.35. The Morgan fingerprint density at radius 2 is 2.09 bits per heavy atom. The summed E-state index contributed by atoms with van der Waals surface area (Å²) in [6, 6.07) is 10.3. The van der Waals surface area contributed by atoms with Crippen molar-refractivity contribution in [3.8, 4) is 0 Å². The van der Waals surface area contributed by atoms with Gasteiger partial charge in [-0.3, -0.25) is 4.79 Å². The van der Waals surface area contributed by atoms with Gasteiger partial charge in [-0.2, -0.15) is 0 Å². The number of methoxy groups -OCH3 is 1. The molecule has 0 saturated heterocycles. The topological polar surface area (TPSA) is 44.8 Å². The van der Waals surface area contributed by atoms with Crippen molar-refractivity contribution in [1.29, 1.82) is 0 Å². The van der Waals surface area contributed by atoms with Crippen molar-refractivity contribution >= 4 is 11.6 Å². The van der Waals surface area contributed by atoms with Crippen LogP contribution in [0.25, 0.3) is 0 Å². The lowest BCUT2D eigenvalue weighted by molar-refractivity contribution is -0.119. The molecule has 0 atom stereocenters. The van der Waals surface area contributed by atoms with E-state index in [0.717, 1.165) is 38.2 Å². The van der Waals surface area contributed by atoms with E-state index < -0.39 is 0 Å². The minimum absolute atomic E-state index is 0.0245. The molecule has 0 aromatic heterocycles. The first kappa shape index (κ1) is 17.2. The van der Waals surface area contributed by atoms with Gasteiger partial charge in [0.15, 0.2) is 0 Å². The maximum Gasteiger partial charge on any atom is 0.271 e. The van der Waals surface area contributed by atoms with Crippen LogP contribution in [-0.4, -0.2) is 51.1 Å². The third-order valence-corrected chi connectivity index (χ3v) is 4.19. The van der Waals surface area contributed by atoms with Gasteiger partial charge in [0, 0.05) is 45.3 Å². The molecular formula is C18H27N3O2. The molecule has 5 heteroatoms. The van der Waals surface area contributed by atoms with Gasteiger partial charge in [0.1, 0.15) is 11.5 Å². The molecule has 0 fully saturated rings. The molecule has 1 aromatic rings. The molecule has 1 aliphatic heterocycles. The largest absolute Gasteiger partial charge is 0.499 e. The fraction of sp³-hybridized carbons (Fsp3) is 0.500. The highest BCUT2D eigenvalue weighted by atomic mass is 16.5. The normalized spacial score (nSPS) is 14.1. The van der Waals surface area contributed by atoms with Crippen LogP contribution >= 0.6 is 0 Å². The fourth-order valence-corrected chi connectivity index (χ4v) is 2.84. The number of likely N-dealkylation sites (N-methyl/N-ethyl adjacent to an activating group) is 1. The Kier molecular flexibility index (Phi) is 6.32. The zero-order chi connectivity index (χ0) is 16.7. The molecule has 126 valence electrons. The highest BCUT2D eigenvalue weighted by Gasteiger charge is 2.27. The first-order chi connectivity index (χ1) is 11.2. The quantitative estimate of drug-likeness (QED) is 0.747. The van der Waals surface area contributed by atoms with Crippen molar-refractivity contribution in [2.24, 2.45) is 0 Å². The van der Waals surface area contributed by atoms with E-state index in [9.17, 15) is 4.79 Å². The van der Waals surface area contributed by atoms with Crippen LogP contribution in [0.2, 0.25) is 0 Å². The van der Waals surface area contributed by atoms with Crippen molar-refractivity contribution in [3.05, 3.63) is 41.8 Å². The maximum absolute atomic E-state index is 12.4. The Bertz CT molecular complexity index is 542. The van der Waals surface area contributed by atoms with Crippen LogP contribution in [0.4, 0.5) is 5.69 Å². The van der Waals surface area contributed by atoms with E-state index >= 15 is 0 Å². The second-order valence-corrected chi connectivity index (χ2v) is 5.67. The molecule has 0 saturated carbocycles. The Morgan fingerprint density at radius 3 is 2.74 bits per heavy atom. The molecule has 0 aliphatic carbocycles. The van der Waals surface area contributed by atoms with Crippen LogP contribution in [0.3, 0.4) is 0 Å². The number of nitrogens with zero attached hydrogens (tertiary/aromatic N) is 2. The second-order valence-electron chi connectivity index (χ2n) is 5.67. The summed E-state index contributed by atoms with van der Waals surface area (Å²) in [4.78, 5) is 16.7.